The number of hydrogen-bond donors (Lipinski definition) is 0. The lowest BCUT2D eigenvalue weighted by atomic mass is 10.0. The van der Waals surface area contributed by atoms with E-state index < -0.39 is 10.0 Å². The summed E-state index contributed by atoms with van der Waals surface area (Å²) >= 11 is 1.11. The summed E-state index contributed by atoms with van der Waals surface area (Å²) in [5.41, 5.74) is 3.08. The van der Waals surface area contributed by atoms with E-state index in [1.807, 2.05) is 25.1 Å². The second kappa shape index (κ2) is 6.64. The van der Waals surface area contributed by atoms with E-state index in [9.17, 15) is 13.2 Å². The van der Waals surface area contributed by atoms with E-state index in [0.717, 1.165) is 40.0 Å². The summed E-state index contributed by atoms with van der Waals surface area (Å²) in [5.74, 6) is 0. The number of hydrogen-bond acceptors (Lipinski definition) is 4. The molecule has 1 aliphatic rings. The van der Waals surface area contributed by atoms with Crippen molar-refractivity contribution in [3.8, 4) is 0 Å². The molecule has 4 rings (SSSR count). The summed E-state index contributed by atoms with van der Waals surface area (Å²) in [5, 5.41) is 0. The topological polar surface area (TPSA) is 59.4 Å². The highest BCUT2D eigenvalue weighted by atomic mass is 32.2. The summed E-state index contributed by atoms with van der Waals surface area (Å²) in [6.07, 6.45) is 1.58. The molecule has 0 saturated heterocycles. The molecule has 0 radical (unpaired) electrons. The predicted molar refractivity (Wildman–Crippen MR) is 104 cm³/mol. The average Bonchev–Trinajstić information content (AvgIpc) is 2.96. The lowest BCUT2D eigenvalue weighted by Gasteiger charge is -2.28. The number of benzene rings is 2. The van der Waals surface area contributed by atoms with Gasteiger partial charge in [0.1, 0.15) is 0 Å². The third kappa shape index (κ3) is 2.90. The fourth-order valence-electron chi connectivity index (χ4n) is 3.47. The Morgan fingerprint density at radius 3 is 2.65 bits per heavy atom. The molecule has 0 bridgehead atoms. The third-order valence-corrected chi connectivity index (χ3v) is 7.60. The second-order valence-electron chi connectivity index (χ2n) is 6.51. The highest BCUT2D eigenvalue weighted by molar-refractivity contribution is 7.89. The van der Waals surface area contributed by atoms with Crippen molar-refractivity contribution in [3.63, 3.8) is 0 Å². The summed E-state index contributed by atoms with van der Waals surface area (Å²) in [6, 6.07) is 13.0. The monoisotopic (exact) mass is 388 g/mol. The zero-order chi connectivity index (χ0) is 18.3. The fourth-order valence-corrected chi connectivity index (χ4v) is 5.94. The van der Waals surface area contributed by atoms with Crippen LogP contribution in [0.5, 0.6) is 0 Å². The van der Waals surface area contributed by atoms with Crippen molar-refractivity contribution in [1.82, 2.24) is 8.87 Å². The number of fused-ring (bicyclic) bond motifs is 2. The molecular formula is C19H20N2O3S2. The molecule has 0 aliphatic carbocycles. The standard InChI is InChI=1S/C19H20N2O3S2/c1-2-10-21-17-8-7-16(12-18(17)25-19(21)22)26(23,24)20-11-9-14-5-3-4-6-15(14)13-20/h3-8,12H,2,9-11,13H2,1H3. The second-order valence-corrected chi connectivity index (χ2v) is 9.44. The van der Waals surface area contributed by atoms with Gasteiger partial charge in [0.25, 0.3) is 0 Å². The van der Waals surface area contributed by atoms with Crippen LogP contribution in [0.1, 0.15) is 24.5 Å². The van der Waals surface area contributed by atoms with Gasteiger partial charge in [-0.3, -0.25) is 9.36 Å². The molecule has 1 aliphatic heterocycles. The number of sulfonamides is 1. The van der Waals surface area contributed by atoms with Gasteiger partial charge in [0.15, 0.2) is 0 Å². The SMILES string of the molecule is CCCn1c(=O)sc2cc(S(=O)(=O)N3CCc4ccccc4C3)ccc21. The highest BCUT2D eigenvalue weighted by Gasteiger charge is 2.28. The lowest BCUT2D eigenvalue weighted by molar-refractivity contribution is 0.391. The molecule has 0 spiro atoms. The molecule has 5 nitrogen and oxygen atoms in total. The first-order valence-corrected chi connectivity index (χ1v) is 11.0. The van der Waals surface area contributed by atoms with Crippen LogP contribution in [0.25, 0.3) is 10.2 Å². The summed E-state index contributed by atoms with van der Waals surface area (Å²) in [6.45, 7) is 3.53. The quantitative estimate of drug-likeness (QED) is 0.689. The molecule has 0 fully saturated rings. The number of thiazole rings is 1. The molecule has 0 N–H and O–H groups in total. The first-order valence-electron chi connectivity index (χ1n) is 8.71. The van der Waals surface area contributed by atoms with Gasteiger partial charge >= 0.3 is 4.87 Å². The normalized spacial score (nSPS) is 15.3. The van der Waals surface area contributed by atoms with Crippen molar-refractivity contribution >= 4 is 31.6 Å². The van der Waals surface area contributed by atoms with Crippen LogP contribution < -0.4 is 4.87 Å². The first-order chi connectivity index (χ1) is 12.5. The largest absolute Gasteiger partial charge is 0.308 e. The van der Waals surface area contributed by atoms with Crippen LogP contribution in [-0.2, 0) is 29.5 Å². The average molecular weight is 389 g/mol. The molecule has 0 amide bonds. The molecule has 3 aromatic rings. The van der Waals surface area contributed by atoms with Crippen LogP contribution in [0.4, 0.5) is 0 Å². The highest BCUT2D eigenvalue weighted by Crippen LogP contribution is 2.28. The van der Waals surface area contributed by atoms with E-state index in [-0.39, 0.29) is 9.77 Å². The molecule has 2 aromatic carbocycles. The minimum atomic E-state index is -3.58. The minimum Gasteiger partial charge on any atom is -0.299 e. The molecular weight excluding hydrogens is 368 g/mol. The van der Waals surface area contributed by atoms with Crippen LogP contribution in [0.3, 0.4) is 0 Å². The van der Waals surface area contributed by atoms with E-state index in [1.54, 1.807) is 22.8 Å². The number of nitrogens with zero attached hydrogens (tertiary/aromatic N) is 2. The van der Waals surface area contributed by atoms with Crippen LogP contribution in [0, 0.1) is 0 Å². The zero-order valence-corrected chi connectivity index (χ0v) is 16.1. The molecule has 136 valence electrons. The predicted octanol–water partition coefficient (Wildman–Crippen LogP) is 3.22. The lowest BCUT2D eigenvalue weighted by Crippen LogP contribution is -2.35. The van der Waals surface area contributed by atoms with Crippen molar-refractivity contribution in [1.29, 1.82) is 0 Å². The fraction of sp³-hybridized carbons (Fsp3) is 0.316. The van der Waals surface area contributed by atoms with Gasteiger partial charge in [-0.15, -0.1) is 0 Å². The Labute approximate surface area is 156 Å². The molecule has 0 saturated carbocycles. The van der Waals surface area contributed by atoms with Crippen molar-refractivity contribution in [2.75, 3.05) is 6.54 Å². The molecule has 0 atom stereocenters. The smallest absolute Gasteiger partial charge is 0.299 e. The summed E-state index contributed by atoms with van der Waals surface area (Å²) in [7, 11) is -3.58. The van der Waals surface area contributed by atoms with E-state index in [2.05, 4.69) is 6.07 Å². The van der Waals surface area contributed by atoms with Crippen molar-refractivity contribution < 1.29 is 8.42 Å². The number of aryl methyl sites for hydroxylation is 1. The maximum atomic E-state index is 13.1. The van der Waals surface area contributed by atoms with Gasteiger partial charge in [0.05, 0.1) is 15.1 Å². The van der Waals surface area contributed by atoms with Crippen molar-refractivity contribution in [2.45, 2.75) is 37.8 Å². The Morgan fingerprint density at radius 2 is 1.88 bits per heavy atom. The molecule has 26 heavy (non-hydrogen) atoms. The van der Waals surface area contributed by atoms with Gasteiger partial charge in [-0.2, -0.15) is 4.31 Å². The van der Waals surface area contributed by atoms with Crippen LogP contribution in [0.15, 0.2) is 52.2 Å². The Bertz CT molecular complexity index is 1130. The van der Waals surface area contributed by atoms with E-state index in [1.165, 1.54) is 9.87 Å². The van der Waals surface area contributed by atoms with Crippen molar-refractivity contribution in [3.05, 3.63) is 63.3 Å². The molecule has 7 heteroatoms. The van der Waals surface area contributed by atoms with Crippen LogP contribution in [-0.4, -0.2) is 23.8 Å². The molecule has 0 unspecified atom stereocenters. The molecule has 2 heterocycles. The van der Waals surface area contributed by atoms with Gasteiger partial charge in [-0.1, -0.05) is 42.5 Å². The van der Waals surface area contributed by atoms with Crippen molar-refractivity contribution in [2.24, 2.45) is 0 Å². The minimum absolute atomic E-state index is 0.0386. The van der Waals surface area contributed by atoms with E-state index in [4.69, 9.17) is 0 Å². The van der Waals surface area contributed by atoms with Gasteiger partial charge in [-0.05, 0) is 42.2 Å². The Balaban J connectivity index is 1.71. The zero-order valence-electron chi connectivity index (χ0n) is 14.5. The third-order valence-electron chi connectivity index (χ3n) is 4.82. The van der Waals surface area contributed by atoms with Gasteiger partial charge in [-0.25, -0.2) is 8.42 Å². The van der Waals surface area contributed by atoms with E-state index in [0.29, 0.717) is 19.6 Å². The Morgan fingerprint density at radius 1 is 1.12 bits per heavy atom. The Kier molecular flexibility index (Phi) is 4.46. The van der Waals surface area contributed by atoms with Gasteiger partial charge < -0.3 is 0 Å². The number of rotatable bonds is 4. The van der Waals surface area contributed by atoms with Crippen LogP contribution >= 0.6 is 11.3 Å². The first kappa shape index (κ1) is 17.5. The van der Waals surface area contributed by atoms with Gasteiger partial charge in [0.2, 0.25) is 10.0 Å². The maximum absolute atomic E-state index is 13.1. The Hall–Kier alpha value is -1.96. The van der Waals surface area contributed by atoms with Gasteiger partial charge in [0, 0.05) is 19.6 Å². The maximum Gasteiger partial charge on any atom is 0.308 e. The number of aromatic nitrogens is 1. The molecule has 1 aromatic heterocycles. The summed E-state index contributed by atoms with van der Waals surface area (Å²) in [4.78, 5) is 12.4. The summed E-state index contributed by atoms with van der Waals surface area (Å²) < 4.78 is 30.2. The van der Waals surface area contributed by atoms with E-state index >= 15 is 0 Å². The van der Waals surface area contributed by atoms with Crippen LogP contribution in [0.2, 0.25) is 0 Å².